The van der Waals surface area contributed by atoms with Gasteiger partial charge < -0.3 is 10.1 Å². The van der Waals surface area contributed by atoms with E-state index in [1.54, 1.807) is 12.3 Å². The molecule has 0 aliphatic carbocycles. The van der Waals surface area contributed by atoms with Crippen LogP contribution in [0.1, 0.15) is 23.0 Å². The topological polar surface area (TPSA) is 60.4 Å². The van der Waals surface area contributed by atoms with Gasteiger partial charge >= 0.3 is 0 Å². The summed E-state index contributed by atoms with van der Waals surface area (Å²) >= 11 is 0. The molecule has 0 spiro atoms. The lowest BCUT2D eigenvalue weighted by molar-refractivity contribution is 0.101. The van der Waals surface area contributed by atoms with E-state index >= 15 is 0 Å². The number of carbonyl (C=O) groups is 1. The number of nitrogens with zero attached hydrogens (tertiary/aromatic N) is 2. The minimum Gasteiger partial charge on any atom is -0.395 e. The zero-order valence-electron chi connectivity index (χ0n) is 8.11. The van der Waals surface area contributed by atoms with Gasteiger partial charge in [-0.05, 0) is 19.9 Å². The maximum Gasteiger partial charge on any atom is 0.162 e. The zero-order chi connectivity index (χ0) is 10.3. The van der Waals surface area contributed by atoms with Crippen molar-refractivity contribution >= 4 is 17.1 Å². The third-order valence-corrected chi connectivity index (χ3v) is 2.16. The fourth-order valence-electron chi connectivity index (χ4n) is 1.50. The molecule has 2 aromatic rings. The van der Waals surface area contributed by atoms with Crippen molar-refractivity contribution in [3.05, 3.63) is 29.7 Å². The summed E-state index contributed by atoms with van der Waals surface area (Å²) in [5.74, 6) is -0.0364. The van der Waals surface area contributed by atoms with Crippen molar-refractivity contribution in [1.82, 2.24) is 9.38 Å². The summed E-state index contributed by atoms with van der Waals surface area (Å²) in [6, 6.07) is 1.71. The number of anilines is 1. The van der Waals surface area contributed by atoms with E-state index in [0.29, 0.717) is 16.9 Å². The first kappa shape index (κ1) is 8.74. The molecule has 0 fully saturated rings. The molecule has 0 bridgehead atoms. The molecule has 2 aromatic heterocycles. The molecule has 2 heterocycles. The number of hydrogen-bond acceptors (Lipinski definition) is 3. The number of nitrogen functional groups attached to an aromatic ring is 1. The summed E-state index contributed by atoms with van der Waals surface area (Å²) < 4.78 is 1.82. The molecule has 14 heavy (non-hydrogen) atoms. The van der Waals surface area contributed by atoms with E-state index in [9.17, 15) is 4.79 Å². The fraction of sp³-hybridized carbons (Fsp3) is 0.200. The predicted molar refractivity (Wildman–Crippen MR) is 54.3 cm³/mol. The van der Waals surface area contributed by atoms with Crippen LogP contribution >= 0.6 is 0 Å². The molecule has 4 heteroatoms. The van der Waals surface area contributed by atoms with Gasteiger partial charge in [0, 0.05) is 18.0 Å². The third-order valence-electron chi connectivity index (χ3n) is 2.16. The molecule has 0 aliphatic heterocycles. The number of ketones is 1. The van der Waals surface area contributed by atoms with Crippen LogP contribution in [0.15, 0.2) is 18.5 Å². The number of aromatic nitrogens is 2. The van der Waals surface area contributed by atoms with Crippen LogP contribution < -0.4 is 5.73 Å². The predicted octanol–water partition coefficient (Wildman–Crippen LogP) is 1.43. The van der Waals surface area contributed by atoms with Gasteiger partial charge in [-0.25, -0.2) is 4.98 Å². The number of pyridine rings is 1. The Labute approximate surface area is 81.4 Å². The number of nitrogens with two attached hydrogens (primary N) is 1. The van der Waals surface area contributed by atoms with Gasteiger partial charge in [-0.2, -0.15) is 0 Å². The first-order chi connectivity index (χ1) is 6.59. The number of Topliss-reactive ketones (excluding diaryl/α,β-unsaturated/α-hetero) is 1. The molecule has 2 rings (SSSR count). The second-order valence-corrected chi connectivity index (χ2v) is 3.31. The van der Waals surface area contributed by atoms with Crippen LogP contribution in [0, 0.1) is 6.92 Å². The van der Waals surface area contributed by atoms with Crippen LogP contribution in [0.2, 0.25) is 0 Å². The van der Waals surface area contributed by atoms with Crippen molar-refractivity contribution in [3.8, 4) is 0 Å². The highest BCUT2D eigenvalue weighted by Gasteiger charge is 2.09. The van der Waals surface area contributed by atoms with Gasteiger partial charge in [0.2, 0.25) is 0 Å². The van der Waals surface area contributed by atoms with Gasteiger partial charge in [0.05, 0.1) is 11.4 Å². The maximum atomic E-state index is 11.2. The van der Waals surface area contributed by atoms with Crippen molar-refractivity contribution < 1.29 is 4.79 Å². The molecule has 0 unspecified atom stereocenters. The van der Waals surface area contributed by atoms with Gasteiger partial charge in [0.1, 0.15) is 0 Å². The minimum atomic E-state index is -0.0364. The average molecular weight is 189 g/mol. The van der Waals surface area contributed by atoms with E-state index in [2.05, 4.69) is 4.98 Å². The minimum absolute atomic E-state index is 0.0364. The number of fused-ring (bicyclic) bond motifs is 1. The highest BCUT2D eigenvalue weighted by molar-refractivity contribution is 6.01. The Balaban J connectivity index is 2.80. The lowest BCUT2D eigenvalue weighted by Crippen LogP contribution is -2.02. The zero-order valence-corrected chi connectivity index (χ0v) is 8.11. The van der Waals surface area contributed by atoms with Crippen LogP contribution in [0.5, 0.6) is 0 Å². The Bertz CT molecular complexity index is 513. The number of aryl methyl sites for hydroxylation is 1. The van der Waals surface area contributed by atoms with E-state index in [1.807, 2.05) is 17.5 Å². The van der Waals surface area contributed by atoms with Crippen molar-refractivity contribution in [2.75, 3.05) is 5.73 Å². The van der Waals surface area contributed by atoms with Gasteiger partial charge in [0.25, 0.3) is 0 Å². The Morgan fingerprint density at radius 2 is 2.29 bits per heavy atom. The molecule has 0 amide bonds. The number of rotatable bonds is 1. The average Bonchev–Trinajstić information content (AvgIpc) is 2.46. The van der Waals surface area contributed by atoms with Crippen LogP contribution in [0.3, 0.4) is 0 Å². The fourth-order valence-corrected chi connectivity index (χ4v) is 1.50. The van der Waals surface area contributed by atoms with E-state index in [-0.39, 0.29) is 5.78 Å². The molecule has 72 valence electrons. The molecule has 2 N–H and O–H groups in total. The van der Waals surface area contributed by atoms with E-state index in [1.165, 1.54) is 6.92 Å². The Morgan fingerprint density at radius 3 is 2.93 bits per heavy atom. The number of imidazole rings is 1. The third kappa shape index (κ3) is 1.16. The molecule has 0 radical (unpaired) electrons. The molecular weight excluding hydrogens is 178 g/mol. The summed E-state index contributed by atoms with van der Waals surface area (Å²) in [5, 5.41) is 0. The number of hydrogen-bond donors (Lipinski definition) is 1. The molecule has 4 nitrogen and oxygen atoms in total. The highest BCUT2D eigenvalue weighted by Crippen LogP contribution is 2.18. The first-order valence-electron chi connectivity index (χ1n) is 4.34. The number of carbonyl (C=O) groups excluding carboxylic acids is 1. The monoisotopic (exact) mass is 189 g/mol. The Kier molecular flexibility index (Phi) is 1.77. The molecule has 0 atom stereocenters. The summed E-state index contributed by atoms with van der Waals surface area (Å²) in [7, 11) is 0. The first-order valence-corrected chi connectivity index (χ1v) is 4.34. The molecular formula is C10H11N3O. The van der Waals surface area contributed by atoms with Gasteiger partial charge in [0.15, 0.2) is 11.4 Å². The smallest absolute Gasteiger partial charge is 0.162 e. The summed E-state index contributed by atoms with van der Waals surface area (Å²) in [6.07, 6.45) is 3.66. The lowest BCUT2D eigenvalue weighted by Gasteiger charge is -2.02. The maximum absolute atomic E-state index is 11.2. The Hall–Kier alpha value is -1.84. The molecule has 0 saturated heterocycles. The second-order valence-electron chi connectivity index (χ2n) is 3.31. The van der Waals surface area contributed by atoms with Crippen molar-refractivity contribution in [3.63, 3.8) is 0 Å². The highest BCUT2D eigenvalue weighted by atomic mass is 16.1. The largest absolute Gasteiger partial charge is 0.395 e. The van der Waals surface area contributed by atoms with E-state index in [4.69, 9.17) is 5.73 Å². The van der Waals surface area contributed by atoms with Crippen LogP contribution in [0.4, 0.5) is 5.69 Å². The molecule has 0 aliphatic rings. The summed E-state index contributed by atoms with van der Waals surface area (Å²) in [4.78, 5) is 15.4. The van der Waals surface area contributed by atoms with Crippen molar-refractivity contribution in [2.24, 2.45) is 0 Å². The van der Waals surface area contributed by atoms with Crippen LogP contribution in [0.25, 0.3) is 5.65 Å². The molecule has 0 aromatic carbocycles. The quantitative estimate of drug-likeness (QED) is 0.690. The lowest BCUT2D eigenvalue weighted by atomic mass is 10.1. The van der Waals surface area contributed by atoms with Gasteiger partial charge in [-0.3, -0.25) is 4.79 Å². The summed E-state index contributed by atoms with van der Waals surface area (Å²) in [6.45, 7) is 3.39. The SMILES string of the molecule is CC(=O)c1ccn2cc(C)nc2c1N. The van der Waals surface area contributed by atoms with Crippen molar-refractivity contribution in [1.29, 1.82) is 0 Å². The summed E-state index contributed by atoms with van der Waals surface area (Å²) in [5.41, 5.74) is 8.35. The van der Waals surface area contributed by atoms with Gasteiger partial charge in [-0.1, -0.05) is 0 Å². The van der Waals surface area contributed by atoms with Gasteiger partial charge in [-0.15, -0.1) is 0 Å². The Morgan fingerprint density at radius 1 is 1.57 bits per heavy atom. The standard InChI is InChI=1S/C10H11N3O/c1-6-5-13-4-3-8(7(2)14)9(11)10(13)12-6/h3-5H,11H2,1-2H3. The van der Waals surface area contributed by atoms with E-state index in [0.717, 1.165) is 5.69 Å². The second kappa shape index (κ2) is 2.83. The van der Waals surface area contributed by atoms with Crippen LogP contribution in [-0.2, 0) is 0 Å². The molecule has 0 saturated carbocycles. The van der Waals surface area contributed by atoms with Crippen molar-refractivity contribution in [2.45, 2.75) is 13.8 Å². The normalized spacial score (nSPS) is 10.7. The van der Waals surface area contributed by atoms with Crippen LogP contribution in [-0.4, -0.2) is 15.2 Å². The van der Waals surface area contributed by atoms with E-state index < -0.39 is 0 Å².